The average Bonchev–Trinajstić information content (AvgIpc) is 2.79. The van der Waals surface area contributed by atoms with Gasteiger partial charge in [-0.3, -0.25) is 4.79 Å². The molecule has 0 fully saturated rings. The minimum atomic E-state index is -0.221. The molecule has 0 atom stereocenters. The second-order valence-corrected chi connectivity index (χ2v) is 9.65. The highest BCUT2D eigenvalue weighted by molar-refractivity contribution is 5.89. The summed E-state index contributed by atoms with van der Waals surface area (Å²) in [5, 5.41) is 10.9. The zero-order chi connectivity index (χ0) is 25.8. The van der Waals surface area contributed by atoms with Gasteiger partial charge in [-0.05, 0) is 78.2 Å². The van der Waals surface area contributed by atoms with Crippen molar-refractivity contribution in [3.63, 3.8) is 0 Å². The van der Waals surface area contributed by atoms with E-state index >= 15 is 0 Å². The molecule has 0 aliphatic carbocycles. The molecule has 0 amide bonds. The van der Waals surface area contributed by atoms with Crippen LogP contribution in [0.5, 0.6) is 17.2 Å². The van der Waals surface area contributed by atoms with Crippen LogP contribution in [0.3, 0.4) is 0 Å². The van der Waals surface area contributed by atoms with E-state index in [1.165, 1.54) is 11.1 Å². The fourth-order valence-electron chi connectivity index (χ4n) is 3.83. The van der Waals surface area contributed by atoms with Gasteiger partial charge >= 0.3 is 0 Å². The van der Waals surface area contributed by atoms with Crippen molar-refractivity contribution >= 4 is 10.9 Å². The van der Waals surface area contributed by atoms with E-state index in [-0.39, 0.29) is 17.1 Å². The number of hydrogen-bond acceptors (Lipinski definition) is 4. The highest BCUT2D eigenvalue weighted by atomic mass is 16.5. The van der Waals surface area contributed by atoms with Gasteiger partial charge in [0.25, 0.3) is 5.56 Å². The van der Waals surface area contributed by atoms with Crippen molar-refractivity contribution < 1.29 is 14.6 Å². The lowest BCUT2D eigenvalue weighted by atomic mass is 10.1. The van der Waals surface area contributed by atoms with Crippen LogP contribution in [0, 0.1) is 0 Å². The number of ether oxygens (including phenoxy) is 2. The van der Waals surface area contributed by atoms with Crippen molar-refractivity contribution in [3.05, 3.63) is 63.5 Å². The summed E-state index contributed by atoms with van der Waals surface area (Å²) in [7, 11) is 0. The third-order valence-electron chi connectivity index (χ3n) is 5.87. The maximum absolute atomic E-state index is 13.6. The SMILES string of the molecule is CCCCCCn1c(=O)c(OCC=C(C)C)c(OC/C=C(\C)CCC=C(C)C)c2ccc(O)cc21. The molecular formula is C30H43NO4. The molecule has 0 bridgehead atoms. The Morgan fingerprint density at radius 1 is 0.914 bits per heavy atom. The van der Waals surface area contributed by atoms with Gasteiger partial charge in [0.1, 0.15) is 19.0 Å². The van der Waals surface area contributed by atoms with Gasteiger partial charge in [-0.25, -0.2) is 0 Å². The van der Waals surface area contributed by atoms with E-state index in [0.717, 1.165) is 49.5 Å². The summed E-state index contributed by atoms with van der Waals surface area (Å²) in [6, 6.07) is 5.08. The normalized spacial score (nSPS) is 11.4. The number of hydrogen-bond donors (Lipinski definition) is 1. The lowest BCUT2D eigenvalue weighted by Gasteiger charge is -2.18. The van der Waals surface area contributed by atoms with Crippen LogP contribution >= 0.6 is 0 Å². The molecule has 1 aromatic heterocycles. The molecular weight excluding hydrogens is 438 g/mol. The number of rotatable bonds is 14. The maximum Gasteiger partial charge on any atom is 0.297 e. The maximum atomic E-state index is 13.6. The van der Waals surface area contributed by atoms with Crippen molar-refractivity contribution in [2.24, 2.45) is 0 Å². The highest BCUT2D eigenvalue weighted by Gasteiger charge is 2.20. The number of aromatic hydroxyl groups is 1. The first kappa shape index (κ1) is 28.3. The predicted molar refractivity (Wildman–Crippen MR) is 147 cm³/mol. The second-order valence-electron chi connectivity index (χ2n) is 9.65. The third kappa shape index (κ3) is 8.97. The van der Waals surface area contributed by atoms with Crippen molar-refractivity contribution in [3.8, 4) is 17.2 Å². The summed E-state index contributed by atoms with van der Waals surface area (Å²) >= 11 is 0. The average molecular weight is 482 g/mol. The first-order chi connectivity index (χ1) is 16.7. The molecule has 0 unspecified atom stereocenters. The molecule has 2 rings (SSSR count). The lowest BCUT2D eigenvalue weighted by Crippen LogP contribution is -2.24. The molecule has 0 aliphatic heterocycles. The van der Waals surface area contributed by atoms with E-state index in [9.17, 15) is 9.90 Å². The molecule has 1 N–H and O–H groups in total. The van der Waals surface area contributed by atoms with Crippen LogP contribution in [0.25, 0.3) is 10.9 Å². The second kappa shape index (κ2) is 14.4. The summed E-state index contributed by atoms with van der Waals surface area (Å²) in [6.45, 7) is 13.7. The van der Waals surface area contributed by atoms with Gasteiger partial charge in [0.15, 0.2) is 5.75 Å². The van der Waals surface area contributed by atoms with Gasteiger partial charge in [-0.1, -0.05) is 49.0 Å². The first-order valence-electron chi connectivity index (χ1n) is 12.8. The summed E-state index contributed by atoms with van der Waals surface area (Å²) in [5.74, 6) is 0.787. The highest BCUT2D eigenvalue weighted by Crippen LogP contribution is 2.35. The quantitative estimate of drug-likeness (QED) is 0.222. The van der Waals surface area contributed by atoms with Crippen LogP contribution in [0.15, 0.2) is 57.9 Å². The van der Waals surface area contributed by atoms with Gasteiger partial charge < -0.3 is 19.1 Å². The number of fused-ring (bicyclic) bond motifs is 1. The van der Waals surface area contributed by atoms with Gasteiger partial charge in [0, 0.05) is 18.0 Å². The molecule has 2 aromatic rings. The Kier molecular flexibility index (Phi) is 11.7. The third-order valence-corrected chi connectivity index (χ3v) is 5.87. The molecule has 0 saturated carbocycles. The van der Waals surface area contributed by atoms with Crippen LogP contribution in [0.4, 0.5) is 0 Å². The van der Waals surface area contributed by atoms with Gasteiger partial charge in [-0.15, -0.1) is 0 Å². The van der Waals surface area contributed by atoms with Crippen molar-refractivity contribution in [1.29, 1.82) is 0 Å². The lowest BCUT2D eigenvalue weighted by molar-refractivity contribution is 0.303. The zero-order valence-electron chi connectivity index (χ0n) is 22.4. The summed E-state index contributed by atoms with van der Waals surface area (Å²) in [5.41, 5.74) is 4.12. The molecule has 1 heterocycles. The Balaban J connectivity index is 2.45. The van der Waals surface area contributed by atoms with Crippen LogP contribution < -0.4 is 15.0 Å². The first-order valence-corrected chi connectivity index (χ1v) is 12.8. The summed E-state index contributed by atoms with van der Waals surface area (Å²) in [4.78, 5) is 13.6. The molecule has 192 valence electrons. The number of nitrogens with zero attached hydrogens (tertiary/aromatic N) is 1. The van der Waals surface area contributed by atoms with Gasteiger partial charge in [0.2, 0.25) is 5.75 Å². The number of phenols is 1. The Morgan fingerprint density at radius 3 is 2.29 bits per heavy atom. The minimum Gasteiger partial charge on any atom is -0.508 e. The Bertz CT molecular complexity index is 1110. The number of aromatic nitrogens is 1. The van der Waals surface area contributed by atoms with E-state index < -0.39 is 0 Å². The van der Waals surface area contributed by atoms with E-state index in [0.29, 0.717) is 31.0 Å². The molecule has 0 saturated heterocycles. The number of aryl methyl sites for hydroxylation is 1. The van der Waals surface area contributed by atoms with Crippen molar-refractivity contribution in [2.45, 2.75) is 86.6 Å². The molecule has 5 heteroatoms. The monoisotopic (exact) mass is 481 g/mol. The fraction of sp³-hybridized carbons (Fsp3) is 0.500. The smallest absolute Gasteiger partial charge is 0.297 e. The number of phenolic OH excluding ortho intramolecular Hbond substituents is 1. The standard InChI is InChI=1S/C30H43NO4/c1-7-8-9-10-18-31-27-21-25(32)14-15-26(27)28(29(30(31)33)35-19-16-23(4)5)34-20-17-24(6)13-11-12-22(2)3/h12,14-17,21,32H,7-11,13,18-20H2,1-6H3/b24-17+. The number of pyridine rings is 1. The Labute approximate surface area is 210 Å². The summed E-state index contributed by atoms with van der Waals surface area (Å²) in [6.07, 6.45) is 12.4. The molecule has 0 aliphatic rings. The number of benzene rings is 1. The van der Waals surface area contributed by atoms with Crippen molar-refractivity contribution in [2.75, 3.05) is 13.2 Å². The zero-order valence-corrected chi connectivity index (χ0v) is 22.4. The largest absolute Gasteiger partial charge is 0.508 e. The summed E-state index contributed by atoms with van der Waals surface area (Å²) < 4.78 is 13.9. The Hall–Kier alpha value is -2.95. The topological polar surface area (TPSA) is 60.7 Å². The predicted octanol–water partition coefficient (Wildman–Crippen LogP) is 7.70. The molecule has 0 radical (unpaired) electrons. The van der Waals surface area contributed by atoms with Crippen molar-refractivity contribution in [1.82, 2.24) is 4.57 Å². The van der Waals surface area contributed by atoms with E-state index in [2.05, 4.69) is 39.8 Å². The van der Waals surface area contributed by atoms with E-state index in [4.69, 9.17) is 9.47 Å². The molecule has 0 spiro atoms. The fourth-order valence-corrected chi connectivity index (χ4v) is 3.83. The van der Waals surface area contributed by atoms with Crippen LogP contribution in [0.1, 0.15) is 80.1 Å². The van der Waals surface area contributed by atoms with Crippen LogP contribution in [-0.2, 0) is 6.54 Å². The molecule has 35 heavy (non-hydrogen) atoms. The molecule has 1 aromatic carbocycles. The minimum absolute atomic E-state index is 0.124. The van der Waals surface area contributed by atoms with E-state index in [1.54, 1.807) is 22.8 Å². The number of allylic oxidation sites excluding steroid dienone is 4. The van der Waals surface area contributed by atoms with Gasteiger partial charge in [0.05, 0.1) is 5.52 Å². The van der Waals surface area contributed by atoms with Gasteiger partial charge in [-0.2, -0.15) is 0 Å². The van der Waals surface area contributed by atoms with Crippen LogP contribution in [0.2, 0.25) is 0 Å². The Morgan fingerprint density at radius 2 is 1.60 bits per heavy atom. The molecule has 5 nitrogen and oxygen atoms in total. The van der Waals surface area contributed by atoms with E-state index in [1.807, 2.05) is 19.9 Å². The van der Waals surface area contributed by atoms with Crippen LogP contribution in [-0.4, -0.2) is 22.9 Å². The number of unbranched alkanes of at least 4 members (excludes halogenated alkanes) is 3.